The molecule has 4 N–H and O–H groups in total. The van der Waals surface area contributed by atoms with Gasteiger partial charge in [-0.05, 0) is 6.08 Å². The molecule has 48 valence electrons. The zero-order valence-corrected chi connectivity index (χ0v) is 5.02. The Hall–Kier alpha value is -1.25. The minimum absolute atomic E-state index is 0.00458. The average molecular weight is 123 g/mol. The van der Waals surface area contributed by atoms with E-state index in [0.29, 0.717) is 0 Å². The summed E-state index contributed by atoms with van der Waals surface area (Å²) in [6.07, 6.45) is 6.71. The van der Waals surface area contributed by atoms with E-state index >= 15 is 0 Å². The Labute approximate surface area is 53.8 Å². The van der Waals surface area contributed by atoms with E-state index in [1.165, 1.54) is 0 Å². The molecule has 0 aromatic heterocycles. The first kappa shape index (κ1) is 5.88. The summed E-state index contributed by atoms with van der Waals surface area (Å²) in [6.45, 7) is 0. The van der Waals surface area contributed by atoms with Gasteiger partial charge in [0.1, 0.15) is 0 Å². The number of hydrogen-bond donors (Lipinski definition) is 3. The molecular formula is C6H9N3. The molecule has 0 atom stereocenters. The molecule has 3 nitrogen and oxygen atoms in total. The summed E-state index contributed by atoms with van der Waals surface area (Å²) in [6, 6.07) is 0. The quantitative estimate of drug-likeness (QED) is 0.347. The SMILES string of the molecule is N=C(N)NC1=CC=CC1. The molecule has 0 heterocycles. The number of allylic oxidation sites excluding steroid dienone is 3. The first-order valence-electron chi connectivity index (χ1n) is 2.76. The minimum atomic E-state index is 0.00458. The molecular weight excluding hydrogens is 114 g/mol. The van der Waals surface area contributed by atoms with Crippen molar-refractivity contribution in [3.63, 3.8) is 0 Å². The lowest BCUT2D eigenvalue weighted by molar-refractivity contribution is 1.03. The zero-order chi connectivity index (χ0) is 6.69. The third-order valence-electron chi connectivity index (χ3n) is 1.07. The van der Waals surface area contributed by atoms with E-state index < -0.39 is 0 Å². The summed E-state index contributed by atoms with van der Waals surface area (Å²) < 4.78 is 0. The largest absolute Gasteiger partial charge is 0.370 e. The standard InChI is InChI=1S/C6H9N3/c7-6(8)9-5-3-1-2-4-5/h1-3H,4H2,(H4,7,8,9). The number of hydrogen-bond acceptors (Lipinski definition) is 1. The lowest BCUT2D eigenvalue weighted by Crippen LogP contribution is -2.28. The third kappa shape index (κ3) is 1.60. The van der Waals surface area contributed by atoms with Gasteiger partial charge in [-0.25, -0.2) is 0 Å². The van der Waals surface area contributed by atoms with Gasteiger partial charge in [0.15, 0.2) is 5.96 Å². The molecule has 0 amide bonds. The van der Waals surface area contributed by atoms with Crippen LogP contribution in [-0.2, 0) is 0 Å². The fourth-order valence-corrected chi connectivity index (χ4v) is 0.713. The lowest BCUT2D eigenvalue weighted by Gasteiger charge is -2.01. The molecule has 0 spiro atoms. The number of nitrogens with two attached hydrogens (primary N) is 1. The fraction of sp³-hybridized carbons (Fsp3) is 0.167. The molecule has 1 aliphatic carbocycles. The number of rotatable bonds is 1. The van der Waals surface area contributed by atoms with Crippen molar-refractivity contribution in [3.8, 4) is 0 Å². The van der Waals surface area contributed by atoms with Gasteiger partial charge < -0.3 is 11.1 Å². The smallest absolute Gasteiger partial charge is 0.189 e. The van der Waals surface area contributed by atoms with E-state index in [0.717, 1.165) is 12.1 Å². The second-order valence-corrected chi connectivity index (χ2v) is 1.86. The number of nitrogens with one attached hydrogen (secondary N) is 2. The Morgan fingerprint density at radius 1 is 1.78 bits per heavy atom. The van der Waals surface area contributed by atoms with Crippen LogP contribution >= 0.6 is 0 Å². The highest BCUT2D eigenvalue weighted by Crippen LogP contribution is 2.04. The first-order chi connectivity index (χ1) is 4.29. The maximum atomic E-state index is 6.86. The van der Waals surface area contributed by atoms with Gasteiger partial charge in [-0.1, -0.05) is 12.2 Å². The minimum Gasteiger partial charge on any atom is -0.370 e. The topological polar surface area (TPSA) is 61.9 Å². The molecule has 1 rings (SSSR count). The average Bonchev–Trinajstić information content (AvgIpc) is 2.15. The third-order valence-corrected chi connectivity index (χ3v) is 1.07. The Morgan fingerprint density at radius 2 is 2.56 bits per heavy atom. The highest BCUT2D eigenvalue weighted by Gasteiger charge is 1.97. The van der Waals surface area contributed by atoms with Gasteiger partial charge >= 0.3 is 0 Å². The summed E-state index contributed by atoms with van der Waals surface area (Å²) in [4.78, 5) is 0. The second kappa shape index (κ2) is 2.35. The first-order valence-corrected chi connectivity index (χ1v) is 2.76. The summed E-state index contributed by atoms with van der Waals surface area (Å²) in [5.74, 6) is 0.00458. The van der Waals surface area contributed by atoms with E-state index in [9.17, 15) is 0 Å². The van der Waals surface area contributed by atoms with E-state index in [2.05, 4.69) is 5.32 Å². The van der Waals surface area contributed by atoms with Crippen LogP contribution in [0.1, 0.15) is 6.42 Å². The van der Waals surface area contributed by atoms with E-state index in [4.69, 9.17) is 11.1 Å². The van der Waals surface area contributed by atoms with Crippen LogP contribution in [0.5, 0.6) is 0 Å². The fourth-order valence-electron chi connectivity index (χ4n) is 0.713. The van der Waals surface area contributed by atoms with Crippen molar-refractivity contribution in [2.45, 2.75) is 6.42 Å². The molecule has 0 aromatic carbocycles. The van der Waals surface area contributed by atoms with Crippen molar-refractivity contribution in [1.82, 2.24) is 5.32 Å². The van der Waals surface area contributed by atoms with Gasteiger partial charge in [-0.3, -0.25) is 5.41 Å². The Bertz CT molecular complexity index is 179. The van der Waals surface area contributed by atoms with Gasteiger partial charge in [0, 0.05) is 12.1 Å². The van der Waals surface area contributed by atoms with Crippen molar-refractivity contribution >= 4 is 5.96 Å². The summed E-state index contributed by atoms with van der Waals surface area (Å²) in [5, 5.41) is 9.56. The van der Waals surface area contributed by atoms with Crippen molar-refractivity contribution in [2.24, 2.45) is 5.73 Å². The van der Waals surface area contributed by atoms with Gasteiger partial charge in [-0.15, -0.1) is 0 Å². The lowest BCUT2D eigenvalue weighted by atomic mass is 10.4. The van der Waals surface area contributed by atoms with E-state index in [1.54, 1.807) is 0 Å². The van der Waals surface area contributed by atoms with Crippen molar-refractivity contribution in [1.29, 1.82) is 5.41 Å². The highest BCUT2D eigenvalue weighted by atomic mass is 15.0. The molecule has 1 aliphatic rings. The van der Waals surface area contributed by atoms with Crippen LogP contribution in [0, 0.1) is 5.41 Å². The Balaban J connectivity index is 2.39. The van der Waals surface area contributed by atoms with Crippen LogP contribution < -0.4 is 11.1 Å². The van der Waals surface area contributed by atoms with Crippen LogP contribution in [0.4, 0.5) is 0 Å². The summed E-state index contributed by atoms with van der Waals surface area (Å²) in [7, 11) is 0. The van der Waals surface area contributed by atoms with Crippen LogP contribution in [-0.4, -0.2) is 5.96 Å². The molecule has 9 heavy (non-hydrogen) atoms. The van der Waals surface area contributed by atoms with Gasteiger partial charge in [0.05, 0.1) is 0 Å². The van der Waals surface area contributed by atoms with Gasteiger partial charge in [-0.2, -0.15) is 0 Å². The van der Waals surface area contributed by atoms with Crippen LogP contribution in [0.25, 0.3) is 0 Å². The van der Waals surface area contributed by atoms with Crippen LogP contribution in [0.15, 0.2) is 23.9 Å². The second-order valence-electron chi connectivity index (χ2n) is 1.86. The zero-order valence-electron chi connectivity index (χ0n) is 5.02. The molecule has 0 fully saturated rings. The molecule has 0 saturated heterocycles. The van der Waals surface area contributed by atoms with E-state index in [1.807, 2.05) is 18.2 Å². The maximum absolute atomic E-state index is 6.86. The molecule has 3 heteroatoms. The molecule has 0 unspecified atom stereocenters. The normalized spacial score (nSPS) is 15.3. The molecule has 0 saturated carbocycles. The van der Waals surface area contributed by atoms with Crippen molar-refractivity contribution < 1.29 is 0 Å². The monoisotopic (exact) mass is 123 g/mol. The highest BCUT2D eigenvalue weighted by molar-refractivity contribution is 5.76. The van der Waals surface area contributed by atoms with Crippen LogP contribution in [0.2, 0.25) is 0 Å². The summed E-state index contributed by atoms with van der Waals surface area (Å²) >= 11 is 0. The van der Waals surface area contributed by atoms with E-state index in [-0.39, 0.29) is 5.96 Å². The van der Waals surface area contributed by atoms with Gasteiger partial charge in [0.25, 0.3) is 0 Å². The van der Waals surface area contributed by atoms with Crippen LogP contribution in [0.3, 0.4) is 0 Å². The predicted molar refractivity (Wildman–Crippen MR) is 36.9 cm³/mol. The summed E-state index contributed by atoms with van der Waals surface area (Å²) in [5.41, 5.74) is 6.06. The predicted octanol–water partition coefficient (Wildman–Crippen LogP) is 0.313. The Morgan fingerprint density at radius 3 is 3.00 bits per heavy atom. The molecule has 0 radical (unpaired) electrons. The Kier molecular flexibility index (Phi) is 1.53. The molecule has 0 aliphatic heterocycles. The molecule has 0 bridgehead atoms. The number of guanidine groups is 1. The molecule has 0 aromatic rings. The van der Waals surface area contributed by atoms with Gasteiger partial charge in [0.2, 0.25) is 0 Å². The maximum Gasteiger partial charge on any atom is 0.189 e. The van der Waals surface area contributed by atoms with Crippen molar-refractivity contribution in [2.75, 3.05) is 0 Å². The van der Waals surface area contributed by atoms with Crippen molar-refractivity contribution in [3.05, 3.63) is 23.9 Å².